The fraction of sp³-hybridized carbons (Fsp3) is 0.647. The van der Waals surface area contributed by atoms with Crippen LogP contribution in [0.3, 0.4) is 0 Å². The molecule has 40 heavy (non-hydrogen) atoms. The van der Waals surface area contributed by atoms with Crippen molar-refractivity contribution in [1.29, 1.82) is 0 Å². The number of aliphatic hydroxyl groups excluding tert-OH is 1. The molecule has 0 aromatic heterocycles. The molecule has 2 aliphatic heterocycles. The molecule has 0 unspecified atom stereocenters. The molecule has 6 rings (SSSR count). The highest BCUT2D eigenvalue weighted by molar-refractivity contribution is 6.99. The molecular weight excluding hydrogens is 516 g/mol. The van der Waals surface area contributed by atoms with E-state index in [2.05, 4.69) is 88.4 Å². The first-order valence-electron chi connectivity index (χ1n) is 15.3. The molecule has 1 spiro atoms. The Morgan fingerprint density at radius 3 is 2.15 bits per heavy atom. The largest absolute Gasteiger partial charge is 0.407 e. The van der Waals surface area contributed by atoms with Crippen LogP contribution in [-0.4, -0.2) is 56.3 Å². The number of rotatable bonds is 6. The molecule has 0 radical (unpaired) electrons. The van der Waals surface area contributed by atoms with Crippen LogP contribution >= 0.6 is 0 Å². The first-order chi connectivity index (χ1) is 19.0. The van der Waals surface area contributed by atoms with Gasteiger partial charge in [-0.15, -0.1) is 0 Å². The van der Waals surface area contributed by atoms with Gasteiger partial charge in [0, 0.05) is 12.5 Å². The van der Waals surface area contributed by atoms with Crippen LogP contribution in [0, 0.1) is 23.7 Å². The standard InChI is InChI=1S/C34H48O5Si/c1-31(2,3)40(25-15-9-7-10-16-25,26-17-11-8-12-18-26)37-21-28-27-19-13-14-24(27)20-34-29(22-36-32(4,5)39-34)38-33(6,23-35)30(28)34/h7-12,15-18,24,27-30,35H,13-14,19-23H2,1-6H3/t24-,27-,28+,29+,30-,33-,34-/m0/s1. The van der Waals surface area contributed by atoms with Gasteiger partial charge in [-0.2, -0.15) is 0 Å². The summed E-state index contributed by atoms with van der Waals surface area (Å²) in [4.78, 5) is 0. The zero-order valence-corrected chi connectivity index (χ0v) is 26.2. The predicted octanol–water partition coefficient (Wildman–Crippen LogP) is 5.29. The summed E-state index contributed by atoms with van der Waals surface area (Å²) in [5, 5.41) is 13.4. The van der Waals surface area contributed by atoms with Crippen LogP contribution < -0.4 is 10.4 Å². The Balaban J connectivity index is 1.46. The zero-order valence-electron chi connectivity index (χ0n) is 25.2. The van der Waals surface area contributed by atoms with Gasteiger partial charge in [0.2, 0.25) is 0 Å². The van der Waals surface area contributed by atoms with Crippen LogP contribution in [0.2, 0.25) is 5.04 Å². The minimum absolute atomic E-state index is 0.0238. The van der Waals surface area contributed by atoms with Gasteiger partial charge >= 0.3 is 0 Å². The van der Waals surface area contributed by atoms with E-state index in [9.17, 15) is 5.11 Å². The molecular formula is C34H48O5Si. The second kappa shape index (κ2) is 10.0. The van der Waals surface area contributed by atoms with Crippen molar-refractivity contribution in [3.8, 4) is 0 Å². The first kappa shape index (κ1) is 28.6. The van der Waals surface area contributed by atoms with Gasteiger partial charge in [0.15, 0.2) is 5.79 Å². The van der Waals surface area contributed by atoms with Crippen molar-refractivity contribution >= 4 is 18.7 Å². The van der Waals surface area contributed by atoms with Crippen molar-refractivity contribution in [2.24, 2.45) is 23.7 Å². The third kappa shape index (κ3) is 4.37. The lowest BCUT2D eigenvalue weighted by Crippen LogP contribution is -2.68. The molecule has 4 fully saturated rings. The predicted molar refractivity (Wildman–Crippen MR) is 160 cm³/mol. The Hall–Kier alpha value is -1.54. The number of aliphatic hydroxyl groups is 1. The Morgan fingerprint density at radius 2 is 1.57 bits per heavy atom. The number of hydrogen-bond acceptors (Lipinski definition) is 5. The van der Waals surface area contributed by atoms with Crippen molar-refractivity contribution in [1.82, 2.24) is 0 Å². The molecule has 218 valence electrons. The molecule has 2 heterocycles. The van der Waals surface area contributed by atoms with Gasteiger partial charge in [0.1, 0.15) is 11.7 Å². The normalized spacial score (nSPS) is 37.0. The highest BCUT2D eigenvalue weighted by atomic mass is 28.4. The first-order valence-corrected chi connectivity index (χ1v) is 17.2. The minimum Gasteiger partial charge on any atom is -0.407 e. The quantitative estimate of drug-likeness (QED) is 0.484. The van der Waals surface area contributed by atoms with Crippen molar-refractivity contribution in [3.63, 3.8) is 0 Å². The van der Waals surface area contributed by atoms with E-state index in [1.807, 2.05) is 13.8 Å². The van der Waals surface area contributed by atoms with Crippen LogP contribution in [0.15, 0.2) is 60.7 Å². The minimum atomic E-state index is -2.72. The van der Waals surface area contributed by atoms with Crippen molar-refractivity contribution < 1.29 is 23.7 Å². The summed E-state index contributed by atoms with van der Waals surface area (Å²) < 4.78 is 27.5. The van der Waals surface area contributed by atoms with Gasteiger partial charge in [0.25, 0.3) is 8.32 Å². The monoisotopic (exact) mass is 564 g/mol. The molecule has 2 saturated carbocycles. The number of benzene rings is 2. The molecule has 5 nitrogen and oxygen atoms in total. The SMILES string of the molecule is CC1(C)OC[C@H]2O[C@@](C)(CO)[C@@H]3[C@H](CO[Si](c4ccccc4)(c4ccccc4)C(C)(C)C)[C@H]4CCC[C@H]4C[C@@]32O1. The molecule has 4 aliphatic rings. The van der Waals surface area contributed by atoms with Crippen LogP contribution in [0.4, 0.5) is 0 Å². The van der Waals surface area contributed by atoms with Gasteiger partial charge in [-0.25, -0.2) is 0 Å². The van der Waals surface area contributed by atoms with Gasteiger partial charge < -0.3 is 23.7 Å². The molecule has 7 atom stereocenters. The van der Waals surface area contributed by atoms with Crippen LogP contribution in [0.25, 0.3) is 0 Å². The molecule has 2 saturated heterocycles. The van der Waals surface area contributed by atoms with E-state index in [-0.39, 0.29) is 29.6 Å². The summed E-state index contributed by atoms with van der Waals surface area (Å²) in [6.45, 7) is 14.3. The van der Waals surface area contributed by atoms with Crippen molar-refractivity contribution in [2.45, 2.75) is 95.4 Å². The number of ether oxygens (including phenoxy) is 3. The molecule has 0 bridgehead atoms. The fourth-order valence-corrected chi connectivity index (χ4v) is 13.9. The maximum Gasteiger partial charge on any atom is 0.261 e. The molecule has 2 aliphatic carbocycles. The second-order valence-electron chi connectivity index (χ2n) is 14.5. The average Bonchev–Trinajstić information content (AvgIpc) is 3.48. The maximum absolute atomic E-state index is 10.9. The Morgan fingerprint density at radius 1 is 0.950 bits per heavy atom. The Labute approximate surface area is 241 Å². The van der Waals surface area contributed by atoms with Crippen LogP contribution in [-0.2, 0) is 18.6 Å². The number of fused-ring (bicyclic) bond motifs is 1. The fourth-order valence-electron chi connectivity index (χ4n) is 9.28. The van der Waals surface area contributed by atoms with E-state index < -0.39 is 25.3 Å². The average molecular weight is 565 g/mol. The molecule has 2 aromatic rings. The molecule has 1 N–H and O–H groups in total. The van der Waals surface area contributed by atoms with E-state index in [0.717, 1.165) is 6.42 Å². The lowest BCUT2D eigenvalue weighted by molar-refractivity contribution is -0.349. The molecule has 2 aromatic carbocycles. The highest BCUT2D eigenvalue weighted by Crippen LogP contribution is 2.63. The summed E-state index contributed by atoms with van der Waals surface area (Å²) >= 11 is 0. The van der Waals surface area contributed by atoms with Gasteiger partial charge in [-0.3, -0.25) is 0 Å². The molecule has 6 heteroatoms. The van der Waals surface area contributed by atoms with Gasteiger partial charge in [-0.05, 0) is 66.8 Å². The summed E-state index contributed by atoms with van der Waals surface area (Å²) in [6, 6.07) is 21.8. The van der Waals surface area contributed by atoms with Crippen LogP contribution in [0.1, 0.15) is 67.2 Å². The summed E-state index contributed by atoms with van der Waals surface area (Å²) in [5.74, 6) is 0.671. The summed E-state index contributed by atoms with van der Waals surface area (Å²) in [6.07, 6.45) is 4.47. The Bertz CT molecular complexity index is 1140. The van der Waals surface area contributed by atoms with E-state index >= 15 is 0 Å². The lowest BCUT2D eigenvalue weighted by atomic mass is 9.56. The van der Waals surface area contributed by atoms with Crippen molar-refractivity contribution in [2.75, 3.05) is 19.8 Å². The summed E-state index contributed by atoms with van der Waals surface area (Å²) in [7, 11) is -2.72. The highest BCUT2D eigenvalue weighted by Gasteiger charge is 2.71. The van der Waals surface area contributed by atoms with Gasteiger partial charge in [0.05, 0.1) is 18.8 Å². The zero-order chi connectivity index (χ0) is 28.4. The number of hydrogen-bond donors (Lipinski definition) is 1. The van der Waals surface area contributed by atoms with E-state index in [1.54, 1.807) is 0 Å². The van der Waals surface area contributed by atoms with E-state index in [1.165, 1.54) is 29.6 Å². The van der Waals surface area contributed by atoms with Gasteiger partial charge in [-0.1, -0.05) is 94.3 Å². The van der Waals surface area contributed by atoms with Crippen LogP contribution in [0.5, 0.6) is 0 Å². The van der Waals surface area contributed by atoms with Crippen molar-refractivity contribution in [3.05, 3.63) is 60.7 Å². The van der Waals surface area contributed by atoms with E-state index in [4.69, 9.17) is 18.6 Å². The summed E-state index contributed by atoms with van der Waals surface area (Å²) in [5.41, 5.74) is -1.19. The van der Waals surface area contributed by atoms with E-state index in [0.29, 0.717) is 25.0 Å². The molecule has 0 amide bonds. The maximum atomic E-state index is 10.9. The lowest BCUT2D eigenvalue weighted by Gasteiger charge is -2.57. The topological polar surface area (TPSA) is 57.2 Å². The smallest absolute Gasteiger partial charge is 0.261 e. The Kier molecular flexibility index (Phi) is 7.16. The third-order valence-corrected chi connectivity index (χ3v) is 15.7. The third-order valence-electron chi connectivity index (χ3n) is 10.7. The second-order valence-corrected chi connectivity index (χ2v) is 18.8.